The molecule has 0 spiro atoms. The van der Waals surface area contributed by atoms with Crippen molar-refractivity contribution in [3.8, 4) is 5.69 Å². The maximum atomic E-state index is 10.9. The summed E-state index contributed by atoms with van der Waals surface area (Å²) in [4.78, 5) is 14.8. The highest BCUT2D eigenvalue weighted by Gasteiger charge is 2.10. The average Bonchev–Trinajstić information content (AvgIpc) is 2.65. The quantitative estimate of drug-likeness (QED) is 0.867. The van der Waals surface area contributed by atoms with Crippen LogP contribution in [0.4, 0.5) is 0 Å². The summed E-state index contributed by atoms with van der Waals surface area (Å²) in [6.07, 6.45) is 1.52. The summed E-state index contributed by atoms with van der Waals surface area (Å²) in [5, 5.41) is 13.2. The van der Waals surface area contributed by atoms with Crippen molar-refractivity contribution in [2.24, 2.45) is 0 Å². The molecule has 1 aromatic carbocycles. The molecule has 2 rings (SSSR count). The molecule has 16 heavy (non-hydrogen) atoms. The number of aromatic nitrogens is 3. The van der Waals surface area contributed by atoms with Crippen molar-refractivity contribution in [3.05, 3.63) is 40.9 Å². The Bertz CT molecular complexity index is 551. The van der Waals surface area contributed by atoms with Crippen LogP contribution in [0.15, 0.2) is 24.5 Å². The van der Waals surface area contributed by atoms with E-state index in [0.717, 1.165) is 0 Å². The molecule has 0 aliphatic rings. The van der Waals surface area contributed by atoms with Crippen molar-refractivity contribution in [2.45, 2.75) is 6.92 Å². The maximum absolute atomic E-state index is 10.9. The second-order valence-corrected chi connectivity index (χ2v) is 3.61. The van der Waals surface area contributed by atoms with Crippen molar-refractivity contribution >= 4 is 17.6 Å². The number of aryl methyl sites for hydroxylation is 1. The molecule has 6 heteroatoms. The van der Waals surface area contributed by atoms with E-state index >= 15 is 0 Å². The molecule has 0 unspecified atom stereocenters. The summed E-state index contributed by atoms with van der Waals surface area (Å²) >= 11 is 5.76. The van der Waals surface area contributed by atoms with E-state index in [2.05, 4.69) is 10.1 Å². The second kappa shape index (κ2) is 3.94. The minimum atomic E-state index is -1.07. The van der Waals surface area contributed by atoms with Crippen LogP contribution in [0.5, 0.6) is 0 Å². The molecule has 1 heterocycles. The van der Waals surface area contributed by atoms with Crippen LogP contribution >= 0.6 is 11.6 Å². The fraction of sp³-hybridized carbons (Fsp3) is 0.100. The lowest BCUT2D eigenvalue weighted by atomic mass is 10.2. The first kappa shape index (κ1) is 10.6. The molecule has 1 N–H and O–H groups in total. The second-order valence-electron chi connectivity index (χ2n) is 3.21. The van der Waals surface area contributed by atoms with E-state index in [1.165, 1.54) is 23.1 Å². The highest BCUT2D eigenvalue weighted by molar-refractivity contribution is 6.33. The van der Waals surface area contributed by atoms with Crippen molar-refractivity contribution < 1.29 is 9.90 Å². The molecular weight excluding hydrogens is 230 g/mol. The van der Waals surface area contributed by atoms with Crippen molar-refractivity contribution in [1.29, 1.82) is 0 Å². The van der Waals surface area contributed by atoms with Crippen LogP contribution in [0.1, 0.15) is 16.2 Å². The van der Waals surface area contributed by atoms with E-state index in [9.17, 15) is 4.79 Å². The van der Waals surface area contributed by atoms with Gasteiger partial charge in [0.25, 0.3) is 0 Å². The molecule has 0 aliphatic carbocycles. The first-order valence-corrected chi connectivity index (χ1v) is 4.87. The first-order chi connectivity index (χ1) is 7.58. The van der Waals surface area contributed by atoms with Gasteiger partial charge in [0.05, 0.1) is 16.3 Å². The zero-order chi connectivity index (χ0) is 11.7. The van der Waals surface area contributed by atoms with Gasteiger partial charge < -0.3 is 5.11 Å². The minimum absolute atomic E-state index is 0.0484. The summed E-state index contributed by atoms with van der Waals surface area (Å²) in [5.74, 6) is -0.449. The Labute approximate surface area is 96.3 Å². The Morgan fingerprint density at radius 3 is 2.81 bits per heavy atom. The van der Waals surface area contributed by atoms with Gasteiger partial charge in [0.2, 0.25) is 0 Å². The Morgan fingerprint density at radius 1 is 1.50 bits per heavy atom. The van der Waals surface area contributed by atoms with Gasteiger partial charge in [-0.25, -0.2) is 14.5 Å². The number of aromatic carboxylic acids is 1. The van der Waals surface area contributed by atoms with Gasteiger partial charge in [-0.2, -0.15) is 5.10 Å². The van der Waals surface area contributed by atoms with Gasteiger partial charge in [-0.1, -0.05) is 11.6 Å². The Balaban J connectivity index is 2.51. The molecule has 82 valence electrons. The van der Waals surface area contributed by atoms with Gasteiger partial charge in [-0.15, -0.1) is 0 Å². The highest BCUT2D eigenvalue weighted by atomic mass is 35.5. The van der Waals surface area contributed by atoms with Gasteiger partial charge in [-0.05, 0) is 25.1 Å². The maximum Gasteiger partial charge on any atom is 0.337 e. The van der Waals surface area contributed by atoms with Gasteiger partial charge in [0.15, 0.2) is 0 Å². The number of halogens is 1. The monoisotopic (exact) mass is 237 g/mol. The van der Waals surface area contributed by atoms with Crippen LogP contribution in [0.25, 0.3) is 5.69 Å². The first-order valence-electron chi connectivity index (χ1n) is 4.49. The number of hydrogen-bond donors (Lipinski definition) is 1. The molecular formula is C10H8ClN3O2. The molecule has 0 saturated heterocycles. The summed E-state index contributed by atoms with van der Waals surface area (Å²) < 4.78 is 1.50. The van der Waals surface area contributed by atoms with Gasteiger partial charge >= 0.3 is 5.97 Å². The van der Waals surface area contributed by atoms with Crippen LogP contribution in [-0.4, -0.2) is 25.8 Å². The predicted molar refractivity (Wildman–Crippen MR) is 58.1 cm³/mol. The summed E-state index contributed by atoms with van der Waals surface area (Å²) in [6, 6.07) is 4.67. The Morgan fingerprint density at radius 2 is 2.25 bits per heavy atom. The fourth-order valence-electron chi connectivity index (χ4n) is 1.29. The molecule has 0 aliphatic heterocycles. The smallest absolute Gasteiger partial charge is 0.337 e. The lowest BCUT2D eigenvalue weighted by Crippen LogP contribution is -2.01. The van der Waals surface area contributed by atoms with Crippen LogP contribution in [0.3, 0.4) is 0 Å². The van der Waals surface area contributed by atoms with Gasteiger partial charge in [-0.3, -0.25) is 0 Å². The lowest BCUT2D eigenvalue weighted by Gasteiger charge is -2.03. The van der Waals surface area contributed by atoms with Crippen molar-refractivity contribution in [1.82, 2.24) is 14.8 Å². The van der Waals surface area contributed by atoms with Crippen LogP contribution in [0, 0.1) is 6.92 Å². The number of benzene rings is 1. The van der Waals surface area contributed by atoms with Crippen molar-refractivity contribution in [2.75, 3.05) is 0 Å². The molecule has 0 amide bonds. The molecule has 1 aromatic heterocycles. The molecule has 0 saturated carbocycles. The van der Waals surface area contributed by atoms with Crippen molar-refractivity contribution in [3.63, 3.8) is 0 Å². The third-order valence-electron chi connectivity index (χ3n) is 2.05. The number of rotatable bonds is 2. The van der Waals surface area contributed by atoms with Gasteiger partial charge in [0.1, 0.15) is 12.2 Å². The summed E-state index contributed by atoms with van der Waals surface area (Å²) in [7, 11) is 0. The summed E-state index contributed by atoms with van der Waals surface area (Å²) in [6.45, 7) is 1.75. The van der Waals surface area contributed by atoms with Crippen LogP contribution < -0.4 is 0 Å². The number of carboxylic acids is 1. The van der Waals surface area contributed by atoms with E-state index in [0.29, 0.717) is 11.5 Å². The minimum Gasteiger partial charge on any atom is -0.478 e. The number of nitrogens with zero attached hydrogens (tertiary/aromatic N) is 3. The fourth-order valence-corrected chi connectivity index (χ4v) is 1.49. The number of hydrogen-bond acceptors (Lipinski definition) is 3. The van der Waals surface area contributed by atoms with E-state index in [1.807, 2.05) is 0 Å². The third kappa shape index (κ3) is 1.90. The van der Waals surface area contributed by atoms with E-state index in [1.54, 1.807) is 13.0 Å². The summed E-state index contributed by atoms with van der Waals surface area (Å²) in [5.41, 5.74) is 0.662. The zero-order valence-electron chi connectivity index (χ0n) is 8.38. The Kier molecular flexibility index (Phi) is 2.62. The van der Waals surface area contributed by atoms with E-state index in [4.69, 9.17) is 16.7 Å². The Hall–Kier alpha value is -1.88. The van der Waals surface area contributed by atoms with Crippen LogP contribution in [0.2, 0.25) is 5.02 Å². The number of carboxylic acid groups (broad SMARTS) is 1. The highest BCUT2D eigenvalue weighted by Crippen LogP contribution is 2.19. The number of carbonyl (C=O) groups is 1. The molecule has 2 aromatic rings. The molecule has 0 bridgehead atoms. The molecule has 5 nitrogen and oxygen atoms in total. The van der Waals surface area contributed by atoms with Gasteiger partial charge in [0, 0.05) is 0 Å². The van der Waals surface area contributed by atoms with Crippen LogP contribution in [-0.2, 0) is 0 Å². The topological polar surface area (TPSA) is 68.0 Å². The predicted octanol–water partition coefficient (Wildman–Crippen LogP) is 1.93. The average molecular weight is 238 g/mol. The zero-order valence-corrected chi connectivity index (χ0v) is 9.14. The van der Waals surface area contributed by atoms with E-state index in [-0.39, 0.29) is 10.6 Å². The van der Waals surface area contributed by atoms with E-state index < -0.39 is 5.97 Å². The molecule has 0 atom stereocenters. The normalized spacial score (nSPS) is 10.4. The lowest BCUT2D eigenvalue weighted by molar-refractivity contribution is 0.0697. The standard InChI is InChI=1S/C10H8ClN3O2/c1-6-12-5-14(13-6)7-2-3-9(11)8(4-7)10(15)16/h2-5H,1H3,(H,15,16). The third-order valence-corrected chi connectivity index (χ3v) is 2.38. The largest absolute Gasteiger partial charge is 0.478 e. The molecule has 0 radical (unpaired) electrons. The SMILES string of the molecule is Cc1ncn(-c2ccc(Cl)c(C(=O)O)c2)n1. The molecule has 0 fully saturated rings.